The normalized spacial score (nSPS) is 16.2. The molecule has 0 unspecified atom stereocenters. The summed E-state index contributed by atoms with van der Waals surface area (Å²) in [4.78, 5) is 14.9. The third-order valence-corrected chi connectivity index (χ3v) is 3.56. The number of hydrogen-bond donors (Lipinski definition) is 2. The van der Waals surface area contributed by atoms with Crippen LogP contribution in [0.4, 0.5) is 17.1 Å². The second-order valence-corrected chi connectivity index (χ2v) is 4.80. The van der Waals surface area contributed by atoms with Crippen molar-refractivity contribution in [1.82, 2.24) is 4.90 Å². The highest BCUT2D eigenvalue weighted by Crippen LogP contribution is 2.27. The van der Waals surface area contributed by atoms with Gasteiger partial charge in [0.05, 0.1) is 11.5 Å². The number of rotatable bonds is 5. The molecule has 2 N–H and O–H groups in total. The zero-order chi connectivity index (χ0) is 14.5. The van der Waals surface area contributed by atoms with Crippen molar-refractivity contribution in [2.24, 2.45) is 0 Å². The van der Waals surface area contributed by atoms with Gasteiger partial charge in [-0.15, -0.1) is 0 Å². The van der Waals surface area contributed by atoms with Gasteiger partial charge in [-0.3, -0.25) is 15.0 Å². The van der Waals surface area contributed by atoms with Crippen LogP contribution in [0.5, 0.6) is 0 Å². The maximum Gasteiger partial charge on any atom is 0.273 e. The summed E-state index contributed by atoms with van der Waals surface area (Å²) < 4.78 is 0. The molecule has 7 nitrogen and oxygen atoms in total. The Balaban J connectivity index is 2.12. The molecular formula is C13H20N4O3. The van der Waals surface area contributed by atoms with E-state index in [0.717, 1.165) is 37.6 Å². The molecule has 0 spiro atoms. The molecular weight excluding hydrogens is 260 g/mol. The quantitative estimate of drug-likeness (QED) is 0.612. The van der Waals surface area contributed by atoms with Crippen molar-refractivity contribution in [3.63, 3.8) is 0 Å². The topological polar surface area (TPSA) is 81.9 Å². The van der Waals surface area contributed by atoms with Crippen LogP contribution in [0.2, 0.25) is 0 Å². The number of nitrogens with one attached hydrogen (secondary N) is 1. The summed E-state index contributed by atoms with van der Waals surface area (Å²) >= 11 is 0. The first-order chi connectivity index (χ1) is 9.63. The molecule has 110 valence electrons. The number of aliphatic hydroxyl groups excluding tert-OH is 1. The average Bonchev–Trinajstić information content (AvgIpc) is 2.47. The molecule has 0 aromatic heterocycles. The van der Waals surface area contributed by atoms with Crippen LogP contribution >= 0.6 is 0 Å². The van der Waals surface area contributed by atoms with E-state index in [1.807, 2.05) is 6.07 Å². The van der Waals surface area contributed by atoms with Crippen molar-refractivity contribution < 1.29 is 10.0 Å². The van der Waals surface area contributed by atoms with Crippen molar-refractivity contribution in [2.75, 3.05) is 56.6 Å². The largest absolute Gasteiger partial charge is 0.395 e. The monoisotopic (exact) mass is 280 g/mol. The predicted molar refractivity (Wildman–Crippen MR) is 78.4 cm³/mol. The van der Waals surface area contributed by atoms with Crippen LogP contribution in [0.1, 0.15) is 0 Å². The van der Waals surface area contributed by atoms with Crippen molar-refractivity contribution in [3.8, 4) is 0 Å². The number of nitro benzene ring substituents is 1. The maximum atomic E-state index is 11.0. The van der Waals surface area contributed by atoms with Crippen LogP contribution in [-0.2, 0) is 0 Å². The van der Waals surface area contributed by atoms with Crippen LogP contribution in [-0.4, -0.2) is 61.3 Å². The van der Waals surface area contributed by atoms with Crippen molar-refractivity contribution in [3.05, 3.63) is 28.3 Å². The van der Waals surface area contributed by atoms with E-state index in [0.29, 0.717) is 6.54 Å². The SMILES string of the molecule is CNc1cc(N2CCN(CCO)CC2)cc([N+](=O)[O-])c1. The fraction of sp³-hybridized carbons (Fsp3) is 0.538. The molecule has 2 rings (SSSR count). The van der Waals surface area contributed by atoms with Gasteiger partial charge in [0.25, 0.3) is 5.69 Å². The molecule has 1 saturated heterocycles. The van der Waals surface area contributed by atoms with Gasteiger partial charge in [-0.25, -0.2) is 0 Å². The minimum absolute atomic E-state index is 0.102. The Hall–Kier alpha value is -1.86. The third-order valence-electron chi connectivity index (χ3n) is 3.56. The number of aliphatic hydroxyl groups is 1. The van der Waals surface area contributed by atoms with Gasteiger partial charge in [-0.1, -0.05) is 0 Å². The van der Waals surface area contributed by atoms with E-state index < -0.39 is 0 Å². The standard InChI is InChI=1S/C13H20N4O3/c1-14-11-8-12(10-13(9-11)17(19)20)16-4-2-15(3-5-16)6-7-18/h8-10,14,18H,2-7H2,1H3. The summed E-state index contributed by atoms with van der Waals surface area (Å²) in [6.07, 6.45) is 0. The van der Waals surface area contributed by atoms with Crippen LogP contribution in [0.15, 0.2) is 18.2 Å². The van der Waals surface area contributed by atoms with Crippen molar-refractivity contribution >= 4 is 17.1 Å². The number of benzene rings is 1. The second-order valence-electron chi connectivity index (χ2n) is 4.80. The summed E-state index contributed by atoms with van der Waals surface area (Å²) in [5.74, 6) is 0. The summed E-state index contributed by atoms with van der Waals surface area (Å²) in [5.41, 5.74) is 1.71. The summed E-state index contributed by atoms with van der Waals surface area (Å²) in [6.45, 7) is 4.19. The summed E-state index contributed by atoms with van der Waals surface area (Å²) in [6, 6.07) is 5.07. The highest BCUT2D eigenvalue weighted by molar-refractivity contribution is 5.64. The van der Waals surface area contributed by atoms with E-state index in [9.17, 15) is 10.1 Å². The number of β-amino-alcohol motifs (C(OH)–C–C–N with tert-alkyl or cyclic N) is 1. The van der Waals surface area contributed by atoms with Crippen molar-refractivity contribution in [2.45, 2.75) is 0 Å². The zero-order valence-electron chi connectivity index (χ0n) is 11.6. The Morgan fingerprint density at radius 2 is 2.00 bits per heavy atom. The highest BCUT2D eigenvalue weighted by atomic mass is 16.6. The van der Waals surface area contributed by atoms with Gasteiger partial charge < -0.3 is 15.3 Å². The Morgan fingerprint density at radius 3 is 2.55 bits per heavy atom. The lowest BCUT2D eigenvalue weighted by Gasteiger charge is -2.35. The number of nitrogens with zero attached hydrogens (tertiary/aromatic N) is 3. The predicted octanol–water partition coefficient (Wildman–Crippen LogP) is 0.751. The minimum atomic E-state index is -0.369. The van der Waals surface area contributed by atoms with Gasteiger partial charge in [0.2, 0.25) is 0 Å². The molecule has 0 amide bonds. The smallest absolute Gasteiger partial charge is 0.273 e. The van der Waals surface area contributed by atoms with E-state index >= 15 is 0 Å². The first-order valence-electron chi connectivity index (χ1n) is 6.69. The molecule has 1 heterocycles. The molecule has 0 bridgehead atoms. The van der Waals surface area contributed by atoms with Crippen LogP contribution in [0.3, 0.4) is 0 Å². The number of piperazine rings is 1. The van der Waals surface area contributed by atoms with Gasteiger partial charge in [0.15, 0.2) is 0 Å². The number of anilines is 2. The molecule has 1 aliphatic heterocycles. The fourth-order valence-corrected chi connectivity index (χ4v) is 2.40. The molecule has 1 aromatic carbocycles. The second kappa shape index (κ2) is 6.53. The molecule has 0 saturated carbocycles. The fourth-order valence-electron chi connectivity index (χ4n) is 2.40. The first-order valence-corrected chi connectivity index (χ1v) is 6.69. The van der Waals surface area contributed by atoms with Gasteiger partial charge >= 0.3 is 0 Å². The molecule has 1 aromatic rings. The Bertz CT molecular complexity index is 473. The zero-order valence-corrected chi connectivity index (χ0v) is 11.6. The van der Waals surface area contributed by atoms with E-state index in [2.05, 4.69) is 15.1 Å². The Kier molecular flexibility index (Phi) is 4.75. The van der Waals surface area contributed by atoms with Crippen molar-refractivity contribution in [1.29, 1.82) is 0 Å². The maximum absolute atomic E-state index is 11.0. The van der Waals surface area contributed by atoms with E-state index in [1.165, 1.54) is 6.07 Å². The molecule has 1 aliphatic rings. The van der Waals surface area contributed by atoms with Gasteiger partial charge in [0, 0.05) is 63.3 Å². The molecule has 1 fully saturated rings. The van der Waals surface area contributed by atoms with Gasteiger partial charge in [-0.05, 0) is 6.07 Å². The lowest BCUT2D eigenvalue weighted by atomic mass is 10.2. The number of nitro groups is 1. The van der Waals surface area contributed by atoms with Crippen LogP contribution in [0.25, 0.3) is 0 Å². The lowest BCUT2D eigenvalue weighted by Crippen LogP contribution is -2.47. The van der Waals surface area contributed by atoms with Gasteiger partial charge in [-0.2, -0.15) is 0 Å². The van der Waals surface area contributed by atoms with E-state index in [-0.39, 0.29) is 17.2 Å². The molecule has 20 heavy (non-hydrogen) atoms. The first kappa shape index (κ1) is 14.5. The summed E-state index contributed by atoms with van der Waals surface area (Å²) in [7, 11) is 1.75. The number of non-ortho nitro benzene ring substituents is 1. The number of hydrogen-bond acceptors (Lipinski definition) is 6. The van der Waals surface area contributed by atoms with E-state index in [1.54, 1.807) is 13.1 Å². The average molecular weight is 280 g/mol. The van der Waals surface area contributed by atoms with Crippen LogP contribution < -0.4 is 10.2 Å². The highest BCUT2D eigenvalue weighted by Gasteiger charge is 2.19. The van der Waals surface area contributed by atoms with Crippen LogP contribution in [0, 0.1) is 10.1 Å². The van der Waals surface area contributed by atoms with Gasteiger partial charge in [0.1, 0.15) is 0 Å². The molecule has 0 atom stereocenters. The molecule has 0 aliphatic carbocycles. The van der Waals surface area contributed by atoms with E-state index in [4.69, 9.17) is 5.11 Å². The Labute approximate surface area is 117 Å². The molecule has 7 heteroatoms. The molecule has 0 radical (unpaired) electrons. The minimum Gasteiger partial charge on any atom is -0.395 e. The summed E-state index contributed by atoms with van der Waals surface area (Å²) in [5, 5.41) is 22.8. The third kappa shape index (κ3) is 3.37. The lowest BCUT2D eigenvalue weighted by molar-refractivity contribution is -0.384. The Morgan fingerprint density at radius 1 is 1.30 bits per heavy atom.